The number of hydrogen-bond donors (Lipinski definition) is 0. The fourth-order valence-corrected chi connectivity index (χ4v) is 3.38. The molecule has 1 aromatic carbocycles. The zero-order chi connectivity index (χ0) is 16.1. The van der Waals surface area contributed by atoms with Gasteiger partial charge in [-0.25, -0.2) is 4.98 Å². The third-order valence-electron chi connectivity index (χ3n) is 4.13. The van der Waals surface area contributed by atoms with Gasteiger partial charge in [0.2, 0.25) is 0 Å². The first-order valence-corrected chi connectivity index (χ1v) is 9.13. The SMILES string of the molecule is Clc1ccc(Cc2nccn2CCCN2CCOCC2)cc1Br. The van der Waals surface area contributed by atoms with Gasteiger partial charge in [0.25, 0.3) is 0 Å². The van der Waals surface area contributed by atoms with Gasteiger partial charge >= 0.3 is 0 Å². The minimum atomic E-state index is 0.739. The Hall–Kier alpha value is -0.880. The van der Waals surface area contributed by atoms with E-state index in [1.807, 2.05) is 12.3 Å². The van der Waals surface area contributed by atoms with Crippen molar-refractivity contribution in [2.45, 2.75) is 19.4 Å². The number of benzene rings is 1. The van der Waals surface area contributed by atoms with Crippen molar-refractivity contribution in [3.8, 4) is 0 Å². The van der Waals surface area contributed by atoms with E-state index in [1.165, 1.54) is 5.56 Å². The standard InChI is InChI=1S/C17H21BrClN3O/c18-15-12-14(2-3-16(15)19)13-17-20-4-7-22(17)6-1-5-21-8-10-23-11-9-21/h2-4,7,12H,1,5-6,8-11,13H2. The molecule has 0 unspecified atom stereocenters. The lowest BCUT2D eigenvalue weighted by Crippen LogP contribution is -2.37. The van der Waals surface area contributed by atoms with E-state index < -0.39 is 0 Å². The van der Waals surface area contributed by atoms with Gasteiger partial charge in [0.05, 0.1) is 18.2 Å². The molecule has 1 saturated heterocycles. The third kappa shape index (κ3) is 4.80. The van der Waals surface area contributed by atoms with E-state index in [1.54, 1.807) is 0 Å². The van der Waals surface area contributed by atoms with Gasteiger partial charge < -0.3 is 9.30 Å². The molecule has 4 nitrogen and oxygen atoms in total. The van der Waals surface area contributed by atoms with Gasteiger partial charge in [-0.1, -0.05) is 17.7 Å². The quantitative estimate of drug-likeness (QED) is 0.744. The molecule has 1 aliphatic heterocycles. The molecule has 1 fully saturated rings. The summed E-state index contributed by atoms with van der Waals surface area (Å²) in [7, 11) is 0. The van der Waals surface area contributed by atoms with Gasteiger partial charge in [0.15, 0.2) is 0 Å². The van der Waals surface area contributed by atoms with Crippen LogP contribution in [-0.4, -0.2) is 47.3 Å². The molecule has 0 radical (unpaired) electrons. The minimum absolute atomic E-state index is 0.739. The first-order valence-electron chi connectivity index (χ1n) is 7.96. The summed E-state index contributed by atoms with van der Waals surface area (Å²) in [4.78, 5) is 6.98. The Bertz CT molecular complexity index is 641. The summed E-state index contributed by atoms with van der Waals surface area (Å²) < 4.78 is 8.57. The highest BCUT2D eigenvalue weighted by Crippen LogP contribution is 2.24. The summed E-state index contributed by atoms with van der Waals surface area (Å²) in [5.41, 5.74) is 1.21. The maximum absolute atomic E-state index is 6.05. The second kappa shape index (κ2) is 8.29. The lowest BCUT2D eigenvalue weighted by atomic mass is 10.1. The molecule has 23 heavy (non-hydrogen) atoms. The van der Waals surface area contributed by atoms with Crippen molar-refractivity contribution in [2.24, 2.45) is 0 Å². The smallest absolute Gasteiger partial charge is 0.113 e. The number of ether oxygens (including phenoxy) is 1. The van der Waals surface area contributed by atoms with Crippen LogP contribution in [-0.2, 0) is 17.7 Å². The molecule has 0 saturated carbocycles. The first kappa shape index (κ1) is 17.0. The number of morpholine rings is 1. The summed E-state index contributed by atoms with van der Waals surface area (Å²) >= 11 is 9.53. The van der Waals surface area contributed by atoms with Gasteiger partial charge in [-0.15, -0.1) is 0 Å². The molecule has 0 N–H and O–H groups in total. The van der Waals surface area contributed by atoms with Crippen LogP contribution in [0.4, 0.5) is 0 Å². The molecular formula is C17H21BrClN3O. The fraction of sp³-hybridized carbons (Fsp3) is 0.471. The molecule has 2 heterocycles. The van der Waals surface area contributed by atoms with E-state index >= 15 is 0 Å². The van der Waals surface area contributed by atoms with Gasteiger partial charge in [-0.05, 0) is 40.0 Å². The molecule has 0 bridgehead atoms. The van der Waals surface area contributed by atoms with Crippen LogP contribution in [0.25, 0.3) is 0 Å². The van der Waals surface area contributed by atoms with E-state index in [-0.39, 0.29) is 0 Å². The Morgan fingerprint density at radius 2 is 2.04 bits per heavy atom. The number of nitrogens with zero attached hydrogens (tertiary/aromatic N) is 3. The van der Waals surface area contributed by atoms with Gasteiger partial charge in [0, 0.05) is 49.5 Å². The van der Waals surface area contributed by atoms with Crippen LogP contribution < -0.4 is 0 Å². The van der Waals surface area contributed by atoms with Gasteiger partial charge in [0.1, 0.15) is 5.82 Å². The summed E-state index contributed by atoms with van der Waals surface area (Å²) in [6.07, 6.45) is 5.91. The second-order valence-corrected chi connectivity index (χ2v) is 7.03. The number of halogens is 2. The van der Waals surface area contributed by atoms with Gasteiger partial charge in [-0.2, -0.15) is 0 Å². The monoisotopic (exact) mass is 397 g/mol. The molecule has 2 aromatic rings. The topological polar surface area (TPSA) is 30.3 Å². The van der Waals surface area contributed by atoms with Crippen LogP contribution >= 0.6 is 27.5 Å². The van der Waals surface area contributed by atoms with E-state index in [2.05, 4.69) is 48.7 Å². The van der Waals surface area contributed by atoms with Crippen molar-refractivity contribution in [3.63, 3.8) is 0 Å². The van der Waals surface area contributed by atoms with Crippen LogP contribution in [0.15, 0.2) is 35.1 Å². The van der Waals surface area contributed by atoms with Crippen molar-refractivity contribution < 1.29 is 4.74 Å². The predicted octanol–water partition coefficient (Wildman–Crippen LogP) is 3.61. The average molecular weight is 399 g/mol. The maximum Gasteiger partial charge on any atom is 0.113 e. The first-order chi connectivity index (χ1) is 11.2. The Labute approximate surface area is 150 Å². The largest absolute Gasteiger partial charge is 0.379 e. The second-order valence-electron chi connectivity index (χ2n) is 5.77. The molecule has 0 aliphatic carbocycles. The van der Waals surface area contributed by atoms with E-state index in [9.17, 15) is 0 Å². The molecule has 6 heteroatoms. The number of aryl methyl sites for hydroxylation is 1. The predicted molar refractivity (Wildman–Crippen MR) is 96.1 cm³/mol. The molecular weight excluding hydrogens is 378 g/mol. The van der Waals surface area contributed by atoms with Crippen LogP contribution in [0.3, 0.4) is 0 Å². The highest BCUT2D eigenvalue weighted by Gasteiger charge is 2.10. The minimum Gasteiger partial charge on any atom is -0.379 e. The summed E-state index contributed by atoms with van der Waals surface area (Å²) in [6.45, 7) is 5.95. The summed E-state index contributed by atoms with van der Waals surface area (Å²) in [6, 6.07) is 6.04. The number of hydrogen-bond acceptors (Lipinski definition) is 3. The molecule has 0 amide bonds. The fourth-order valence-electron chi connectivity index (χ4n) is 2.83. The molecule has 3 rings (SSSR count). The molecule has 0 spiro atoms. The highest BCUT2D eigenvalue weighted by molar-refractivity contribution is 9.10. The lowest BCUT2D eigenvalue weighted by Gasteiger charge is -2.26. The molecule has 1 aromatic heterocycles. The number of rotatable bonds is 6. The summed E-state index contributed by atoms with van der Waals surface area (Å²) in [5.74, 6) is 1.10. The van der Waals surface area contributed by atoms with E-state index in [4.69, 9.17) is 16.3 Å². The average Bonchev–Trinajstić information content (AvgIpc) is 2.99. The van der Waals surface area contributed by atoms with Crippen LogP contribution in [0.2, 0.25) is 5.02 Å². The van der Waals surface area contributed by atoms with Crippen molar-refractivity contribution in [1.29, 1.82) is 0 Å². The van der Waals surface area contributed by atoms with Crippen molar-refractivity contribution in [2.75, 3.05) is 32.8 Å². The van der Waals surface area contributed by atoms with Crippen molar-refractivity contribution in [1.82, 2.24) is 14.5 Å². The van der Waals surface area contributed by atoms with E-state index in [0.717, 1.165) is 67.6 Å². The van der Waals surface area contributed by atoms with E-state index in [0.29, 0.717) is 0 Å². The van der Waals surface area contributed by atoms with Crippen molar-refractivity contribution in [3.05, 3.63) is 51.5 Å². The van der Waals surface area contributed by atoms with Crippen LogP contribution in [0.1, 0.15) is 17.8 Å². The lowest BCUT2D eigenvalue weighted by molar-refractivity contribution is 0.0369. The van der Waals surface area contributed by atoms with Crippen LogP contribution in [0, 0.1) is 0 Å². The highest BCUT2D eigenvalue weighted by atomic mass is 79.9. The Kier molecular flexibility index (Phi) is 6.11. The van der Waals surface area contributed by atoms with Crippen LogP contribution in [0.5, 0.6) is 0 Å². The zero-order valence-corrected chi connectivity index (χ0v) is 15.4. The Morgan fingerprint density at radius 1 is 1.22 bits per heavy atom. The number of aromatic nitrogens is 2. The normalized spacial score (nSPS) is 15.9. The number of imidazole rings is 1. The summed E-state index contributed by atoms with van der Waals surface area (Å²) in [5, 5.41) is 0.739. The Morgan fingerprint density at radius 3 is 2.83 bits per heavy atom. The molecule has 0 atom stereocenters. The molecule has 1 aliphatic rings. The van der Waals surface area contributed by atoms with Gasteiger partial charge in [-0.3, -0.25) is 4.90 Å². The maximum atomic E-state index is 6.05. The van der Waals surface area contributed by atoms with Crippen molar-refractivity contribution >= 4 is 27.5 Å². The third-order valence-corrected chi connectivity index (χ3v) is 5.34. The Balaban J connectivity index is 1.55. The molecule has 124 valence electrons. The zero-order valence-electron chi connectivity index (χ0n) is 13.0.